The van der Waals surface area contributed by atoms with Crippen LogP contribution in [0.15, 0.2) is 0 Å². The molecule has 2 amide bonds. The molecule has 0 aromatic carbocycles. The minimum atomic E-state index is -1.62. The number of piperidine rings is 1. The molecule has 9 N–H and O–H groups in total. The van der Waals surface area contributed by atoms with Crippen molar-refractivity contribution in [3.05, 3.63) is 0 Å². The summed E-state index contributed by atoms with van der Waals surface area (Å²) in [7, 11) is -1.51. The molecule has 1 rings (SSSR count). The number of rotatable bonds is 8. The van der Waals surface area contributed by atoms with Gasteiger partial charge in [-0.3, -0.25) is 14.4 Å². The lowest BCUT2D eigenvalue weighted by atomic mass is 9.75. The quantitative estimate of drug-likeness (QED) is 0.252. The van der Waals surface area contributed by atoms with Crippen molar-refractivity contribution in [3.63, 3.8) is 0 Å². The largest absolute Gasteiger partial charge is 0.480 e. The summed E-state index contributed by atoms with van der Waals surface area (Å²) in [5, 5.41) is 27.3. The third-order valence-electron chi connectivity index (χ3n) is 4.19. The number of carboxylic acid groups (broad SMARTS) is 1. The predicted octanol–water partition coefficient (Wildman–Crippen LogP) is -2.93. The van der Waals surface area contributed by atoms with Crippen LogP contribution in [0.3, 0.4) is 0 Å². The monoisotopic (exact) mass is 344 g/mol. The highest BCUT2D eigenvalue weighted by Crippen LogP contribution is 2.28. The lowest BCUT2D eigenvalue weighted by molar-refractivity contribution is -0.149. The fraction of sp³-hybridized carbons (Fsp3) is 0.769. The first-order chi connectivity index (χ1) is 11.0. The molecule has 1 saturated heterocycles. The molecule has 136 valence electrons. The fourth-order valence-corrected chi connectivity index (χ4v) is 2.92. The zero-order chi connectivity index (χ0) is 18.5. The van der Waals surface area contributed by atoms with Crippen molar-refractivity contribution in [1.82, 2.24) is 4.90 Å². The van der Waals surface area contributed by atoms with E-state index in [1.165, 1.54) is 4.90 Å². The molecule has 0 aromatic rings. The maximum atomic E-state index is 12.4. The van der Waals surface area contributed by atoms with Gasteiger partial charge in [-0.25, -0.2) is 0 Å². The van der Waals surface area contributed by atoms with Crippen molar-refractivity contribution in [3.8, 4) is 0 Å². The number of carbonyl (C=O) groups is 3. The Hall–Kier alpha value is -1.69. The van der Waals surface area contributed by atoms with E-state index in [1.54, 1.807) is 0 Å². The molecule has 0 saturated carbocycles. The van der Waals surface area contributed by atoms with Gasteiger partial charge in [0.05, 0.1) is 6.04 Å². The van der Waals surface area contributed by atoms with Gasteiger partial charge in [0.25, 0.3) is 0 Å². The van der Waals surface area contributed by atoms with E-state index < -0.39 is 36.5 Å². The first-order valence-electron chi connectivity index (χ1n) is 7.76. The number of carbonyl (C=O) groups excluding carboxylic acids is 2. The van der Waals surface area contributed by atoms with E-state index in [0.717, 1.165) is 0 Å². The number of carboxylic acids is 1. The Kier molecular flexibility index (Phi) is 7.15. The van der Waals surface area contributed by atoms with Crippen LogP contribution in [0.1, 0.15) is 25.7 Å². The van der Waals surface area contributed by atoms with E-state index in [1.807, 2.05) is 0 Å². The second-order valence-electron chi connectivity index (χ2n) is 6.42. The topological polar surface area (TPSA) is 193 Å². The van der Waals surface area contributed by atoms with Crippen molar-refractivity contribution >= 4 is 24.9 Å². The van der Waals surface area contributed by atoms with Crippen molar-refractivity contribution < 1.29 is 29.5 Å². The Balaban J connectivity index is 2.81. The normalized spacial score (nSPS) is 25.2. The first-order valence-corrected chi connectivity index (χ1v) is 7.76. The number of nitrogens with two attached hydrogens (primary N) is 3. The van der Waals surface area contributed by atoms with E-state index in [2.05, 4.69) is 0 Å². The van der Waals surface area contributed by atoms with E-state index in [-0.39, 0.29) is 44.6 Å². The van der Waals surface area contributed by atoms with Gasteiger partial charge >= 0.3 is 13.1 Å². The van der Waals surface area contributed by atoms with Gasteiger partial charge in [0, 0.05) is 19.5 Å². The average Bonchev–Trinajstić information content (AvgIpc) is 2.49. The lowest BCUT2D eigenvalue weighted by Crippen LogP contribution is -2.64. The Labute approximate surface area is 140 Å². The number of primary amides is 1. The lowest BCUT2D eigenvalue weighted by Gasteiger charge is -2.42. The summed E-state index contributed by atoms with van der Waals surface area (Å²) >= 11 is 0. The van der Waals surface area contributed by atoms with Gasteiger partial charge in [0.1, 0.15) is 5.54 Å². The van der Waals surface area contributed by atoms with Crippen LogP contribution in [0.2, 0.25) is 6.32 Å². The highest BCUT2D eigenvalue weighted by atomic mass is 16.4. The third kappa shape index (κ3) is 5.75. The molecule has 0 spiro atoms. The van der Waals surface area contributed by atoms with Crippen LogP contribution in [0.4, 0.5) is 0 Å². The van der Waals surface area contributed by atoms with Crippen molar-refractivity contribution in [1.29, 1.82) is 0 Å². The number of amides is 2. The number of hydrogen-bond acceptors (Lipinski definition) is 7. The van der Waals surface area contributed by atoms with Crippen molar-refractivity contribution in [2.75, 3.05) is 13.1 Å². The summed E-state index contributed by atoms with van der Waals surface area (Å²) in [6, 6.07) is -0.974. The molecule has 0 aliphatic carbocycles. The molecule has 1 heterocycles. The second kappa shape index (κ2) is 8.42. The SMILES string of the molecule is NC(=O)CC[C@H](N)C(=O)N1C[C@@H](CCB(O)O)C[C@](N)(C(=O)O)C1. The van der Waals surface area contributed by atoms with Crippen LogP contribution >= 0.6 is 0 Å². The molecule has 0 bridgehead atoms. The highest BCUT2D eigenvalue weighted by molar-refractivity contribution is 6.40. The second-order valence-corrected chi connectivity index (χ2v) is 6.42. The van der Waals surface area contributed by atoms with Crippen LogP contribution in [0.25, 0.3) is 0 Å². The van der Waals surface area contributed by atoms with E-state index >= 15 is 0 Å². The van der Waals surface area contributed by atoms with Gasteiger partial charge in [-0.05, 0) is 25.1 Å². The summed E-state index contributed by atoms with van der Waals surface area (Å²) in [6.07, 6.45) is 0.499. The third-order valence-corrected chi connectivity index (χ3v) is 4.19. The number of hydrogen-bond donors (Lipinski definition) is 6. The minimum Gasteiger partial charge on any atom is -0.480 e. The number of likely N-dealkylation sites (tertiary alicyclic amines) is 1. The molecule has 0 unspecified atom stereocenters. The smallest absolute Gasteiger partial charge is 0.451 e. The molecular weight excluding hydrogens is 319 g/mol. The zero-order valence-corrected chi connectivity index (χ0v) is 13.4. The Morgan fingerprint density at radius 1 is 1.33 bits per heavy atom. The fourth-order valence-electron chi connectivity index (χ4n) is 2.92. The summed E-state index contributed by atoms with van der Waals surface area (Å²) in [5.41, 5.74) is 15.1. The van der Waals surface area contributed by atoms with Crippen LogP contribution in [0, 0.1) is 5.92 Å². The Bertz CT molecular complexity index is 491. The highest BCUT2D eigenvalue weighted by Gasteiger charge is 2.44. The zero-order valence-electron chi connectivity index (χ0n) is 13.4. The molecule has 1 aliphatic rings. The molecule has 0 aromatic heterocycles. The molecule has 0 radical (unpaired) electrons. The van der Waals surface area contributed by atoms with Gasteiger partial charge in [0.2, 0.25) is 11.8 Å². The van der Waals surface area contributed by atoms with Crippen LogP contribution < -0.4 is 17.2 Å². The van der Waals surface area contributed by atoms with E-state index in [0.29, 0.717) is 6.42 Å². The van der Waals surface area contributed by atoms with Gasteiger partial charge in [-0.15, -0.1) is 0 Å². The summed E-state index contributed by atoms with van der Waals surface area (Å²) in [6.45, 7) is 0.0334. The molecule has 10 nitrogen and oxygen atoms in total. The van der Waals surface area contributed by atoms with Gasteiger partial charge in [0.15, 0.2) is 0 Å². The summed E-state index contributed by atoms with van der Waals surface area (Å²) < 4.78 is 0. The van der Waals surface area contributed by atoms with Crippen molar-refractivity contribution in [2.45, 2.75) is 43.6 Å². The summed E-state index contributed by atoms with van der Waals surface area (Å²) in [4.78, 5) is 35.9. The van der Waals surface area contributed by atoms with E-state index in [4.69, 9.17) is 27.2 Å². The van der Waals surface area contributed by atoms with Crippen LogP contribution in [-0.4, -0.2) is 69.6 Å². The number of aliphatic carboxylic acids is 1. The van der Waals surface area contributed by atoms with Crippen molar-refractivity contribution in [2.24, 2.45) is 23.1 Å². The van der Waals surface area contributed by atoms with E-state index in [9.17, 15) is 19.5 Å². The predicted molar refractivity (Wildman–Crippen MR) is 85.3 cm³/mol. The Morgan fingerprint density at radius 2 is 1.96 bits per heavy atom. The summed E-state index contributed by atoms with van der Waals surface area (Å²) in [5.74, 6) is -2.61. The van der Waals surface area contributed by atoms with Gasteiger partial charge in [-0.2, -0.15) is 0 Å². The maximum absolute atomic E-state index is 12.4. The molecule has 3 atom stereocenters. The first kappa shape index (κ1) is 20.4. The average molecular weight is 344 g/mol. The maximum Gasteiger partial charge on any atom is 0.451 e. The van der Waals surface area contributed by atoms with Gasteiger partial charge < -0.3 is 37.3 Å². The molecule has 11 heteroatoms. The molecule has 1 fully saturated rings. The molecule has 24 heavy (non-hydrogen) atoms. The Morgan fingerprint density at radius 3 is 2.46 bits per heavy atom. The van der Waals surface area contributed by atoms with Crippen LogP contribution in [-0.2, 0) is 14.4 Å². The standard InChI is InChI=1S/C13H25BN4O6/c15-9(1-2-10(16)19)11(20)18-6-8(3-4-14(23)24)5-13(17,7-18)12(21)22/h8-9,23-24H,1-7,15,17H2,(H2,16,19)(H,21,22)/t8-,9-,13+/m0/s1. The van der Waals surface area contributed by atoms with Gasteiger partial charge in [-0.1, -0.05) is 6.42 Å². The molecule has 1 aliphatic heterocycles. The molecular formula is C13H25BN4O6. The minimum absolute atomic E-state index is 0.0480. The number of nitrogens with zero attached hydrogens (tertiary/aromatic N) is 1. The van der Waals surface area contributed by atoms with Crippen LogP contribution in [0.5, 0.6) is 0 Å².